The standard InChI is InChI=1S/C18H18F2N4O2/c1-2-8-21-17(25)15-14-5-3-4-9-24(14)16(23-15)18(26)22-11-6-7-12(19)13(20)10-11/h2,6-7,10H,1,3-5,8-9H2,(H,21,25)(H,22,26). The molecule has 6 nitrogen and oxygen atoms in total. The molecular formula is C18H18F2N4O2. The van der Waals surface area contributed by atoms with Crippen LogP contribution in [0.15, 0.2) is 30.9 Å². The summed E-state index contributed by atoms with van der Waals surface area (Å²) in [6.45, 7) is 4.41. The lowest BCUT2D eigenvalue weighted by Gasteiger charge is -2.17. The number of benzene rings is 1. The first-order chi connectivity index (χ1) is 12.5. The molecule has 2 heterocycles. The highest BCUT2D eigenvalue weighted by Gasteiger charge is 2.27. The lowest BCUT2D eigenvalue weighted by Crippen LogP contribution is -2.25. The van der Waals surface area contributed by atoms with Crippen molar-refractivity contribution in [3.05, 3.63) is 59.7 Å². The van der Waals surface area contributed by atoms with Crippen molar-refractivity contribution < 1.29 is 18.4 Å². The Morgan fingerprint density at radius 2 is 2.04 bits per heavy atom. The van der Waals surface area contributed by atoms with E-state index < -0.39 is 17.5 Å². The Morgan fingerprint density at radius 1 is 1.23 bits per heavy atom. The number of carbonyl (C=O) groups excluding carboxylic acids is 2. The van der Waals surface area contributed by atoms with Crippen molar-refractivity contribution in [3.63, 3.8) is 0 Å². The van der Waals surface area contributed by atoms with Crippen LogP contribution in [0, 0.1) is 11.6 Å². The molecule has 1 aromatic heterocycles. The molecule has 2 N–H and O–H groups in total. The van der Waals surface area contributed by atoms with Crippen molar-refractivity contribution in [3.8, 4) is 0 Å². The summed E-state index contributed by atoms with van der Waals surface area (Å²) in [5, 5.41) is 5.15. The number of nitrogens with one attached hydrogen (secondary N) is 2. The predicted octanol–water partition coefficient (Wildman–Crippen LogP) is 2.67. The van der Waals surface area contributed by atoms with Gasteiger partial charge in [0.2, 0.25) is 0 Å². The van der Waals surface area contributed by atoms with Crippen molar-refractivity contribution in [2.45, 2.75) is 25.8 Å². The second kappa shape index (κ2) is 7.47. The number of aromatic nitrogens is 2. The highest BCUT2D eigenvalue weighted by Crippen LogP contribution is 2.22. The molecule has 0 aliphatic carbocycles. The Hall–Kier alpha value is -3.03. The summed E-state index contributed by atoms with van der Waals surface area (Å²) in [5.41, 5.74) is 1.02. The van der Waals surface area contributed by atoms with Crippen LogP contribution >= 0.6 is 0 Å². The molecule has 2 amide bonds. The number of carbonyl (C=O) groups is 2. The number of amides is 2. The summed E-state index contributed by atoms with van der Waals surface area (Å²) in [4.78, 5) is 29.1. The Bertz CT molecular complexity index is 876. The van der Waals surface area contributed by atoms with Crippen LogP contribution in [0.5, 0.6) is 0 Å². The van der Waals surface area contributed by atoms with E-state index in [-0.39, 0.29) is 23.1 Å². The van der Waals surface area contributed by atoms with Crippen molar-refractivity contribution in [1.29, 1.82) is 0 Å². The highest BCUT2D eigenvalue weighted by atomic mass is 19.2. The van der Waals surface area contributed by atoms with Crippen LogP contribution < -0.4 is 10.6 Å². The molecule has 1 aliphatic rings. The molecule has 0 saturated carbocycles. The lowest BCUT2D eigenvalue weighted by atomic mass is 10.1. The number of nitrogens with zero attached hydrogens (tertiary/aromatic N) is 2. The van der Waals surface area contributed by atoms with E-state index in [1.165, 1.54) is 6.07 Å². The van der Waals surface area contributed by atoms with E-state index in [0.29, 0.717) is 25.2 Å². The molecule has 1 aliphatic heterocycles. The van der Waals surface area contributed by atoms with E-state index in [4.69, 9.17) is 0 Å². The van der Waals surface area contributed by atoms with Crippen LogP contribution in [0.1, 0.15) is 39.6 Å². The van der Waals surface area contributed by atoms with E-state index in [9.17, 15) is 18.4 Å². The van der Waals surface area contributed by atoms with Gasteiger partial charge in [-0.15, -0.1) is 6.58 Å². The number of imidazole rings is 1. The third kappa shape index (κ3) is 3.49. The van der Waals surface area contributed by atoms with E-state index in [1.54, 1.807) is 10.6 Å². The average molecular weight is 360 g/mol. The Morgan fingerprint density at radius 3 is 2.77 bits per heavy atom. The van der Waals surface area contributed by atoms with Gasteiger partial charge in [0.15, 0.2) is 17.5 Å². The van der Waals surface area contributed by atoms with Crippen molar-refractivity contribution in [2.75, 3.05) is 11.9 Å². The van der Waals surface area contributed by atoms with Gasteiger partial charge in [0.25, 0.3) is 11.8 Å². The van der Waals surface area contributed by atoms with E-state index >= 15 is 0 Å². The molecule has 0 atom stereocenters. The fraction of sp³-hybridized carbons (Fsp3) is 0.278. The second-order valence-corrected chi connectivity index (χ2v) is 5.92. The fourth-order valence-electron chi connectivity index (χ4n) is 2.91. The molecule has 136 valence electrons. The average Bonchev–Trinajstić information content (AvgIpc) is 3.03. The largest absolute Gasteiger partial charge is 0.347 e. The van der Waals surface area contributed by atoms with Crippen LogP contribution in [-0.4, -0.2) is 27.9 Å². The van der Waals surface area contributed by atoms with Crippen LogP contribution in [0.2, 0.25) is 0 Å². The number of hydrogen-bond donors (Lipinski definition) is 2. The monoisotopic (exact) mass is 360 g/mol. The smallest absolute Gasteiger partial charge is 0.291 e. The highest BCUT2D eigenvalue weighted by molar-refractivity contribution is 6.03. The third-order valence-electron chi connectivity index (χ3n) is 4.12. The maximum atomic E-state index is 13.3. The number of halogens is 2. The van der Waals surface area contributed by atoms with Crippen LogP contribution in [0.4, 0.5) is 14.5 Å². The predicted molar refractivity (Wildman–Crippen MR) is 92.0 cm³/mol. The summed E-state index contributed by atoms with van der Waals surface area (Å²) in [6, 6.07) is 3.08. The summed E-state index contributed by atoms with van der Waals surface area (Å²) >= 11 is 0. The zero-order valence-corrected chi connectivity index (χ0v) is 14.0. The number of hydrogen-bond acceptors (Lipinski definition) is 3. The second-order valence-electron chi connectivity index (χ2n) is 5.92. The van der Waals surface area contributed by atoms with Crippen LogP contribution in [-0.2, 0) is 13.0 Å². The van der Waals surface area contributed by atoms with Gasteiger partial charge in [-0.2, -0.15) is 0 Å². The van der Waals surface area contributed by atoms with Gasteiger partial charge in [-0.1, -0.05) is 6.08 Å². The van der Waals surface area contributed by atoms with Crippen molar-refractivity contribution in [2.24, 2.45) is 0 Å². The molecule has 3 rings (SSSR count). The maximum Gasteiger partial charge on any atom is 0.291 e. The van der Waals surface area contributed by atoms with Gasteiger partial charge in [0.05, 0.1) is 5.69 Å². The minimum Gasteiger partial charge on any atom is -0.347 e. The molecule has 1 aromatic carbocycles. The number of fused-ring (bicyclic) bond motifs is 1. The Labute approximate surface area is 148 Å². The van der Waals surface area contributed by atoms with Gasteiger partial charge in [-0.05, 0) is 31.4 Å². The summed E-state index contributed by atoms with van der Waals surface area (Å²) < 4.78 is 28.1. The summed E-state index contributed by atoms with van der Waals surface area (Å²) in [7, 11) is 0. The van der Waals surface area contributed by atoms with Gasteiger partial charge in [-0.25, -0.2) is 13.8 Å². The normalized spacial score (nSPS) is 13.0. The Balaban J connectivity index is 1.89. The van der Waals surface area contributed by atoms with E-state index in [0.717, 1.165) is 25.0 Å². The maximum absolute atomic E-state index is 13.3. The zero-order valence-electron chi connectivity index (χ0n) is 14.0. The molecule has 2 aromatic rings. The summed E-state index contributed by atoms with van der Waals surface area (Å²) in [6.07, 6.45) is 3.96. The van der Waals surface area contributed by atoms with Crippen molar-refractivity contribution in [1.82, 2.24) is 14.9 Å². The fourth-order valence-corrected chi connectivity index (χ4v) is 2.91. The zero-order chi connectivity index (χ0) is 18.7. The van der Waals surface area contributed by atoms with Gasteiger partial charge in [0, 0.05) is 24.8 Å². The lowest BCUT2D eigenvalue weighted by molar-refractivity contribution is 0.0952. The van der Waals surface area contributed by atoms with Crippen LogP contribution in [0.3, 0.4) is 0 Å². The molecule has 0 saturated heterocycles. The summed E-state index contributed by atoms with van der Waals surface area (Å²) in [5.74, 6) is -2.93. The first-order valence-corrected chi connectivity index (χ1v) is 8.26. The molecule has 0 unspecified atom stereocenters. The van der Waals surface area contributed by atoms with Gasteiger partial charge in [-0.3, -0.25) is 9.59 Å². The number of anilines is 1. The van der Waals surface area contributed by atoms with Gasteiger partial charge < -0.3 is 15.2 Å². The molecule has 0 fully saturated rings. The molecule has 0 radical (unpaired) electrons. The Kier molecular flexibility index (Phi) is 5.11. The molecule has 0 bridgehead atoms. The van der Waals surface area contributed by atoms with Gasteiger partial charge >= 0.3 is 0 Å². The minimum atomic E-state index is -1.06. The van der Waals surface area contributed by atoms with E-state index in [2.05, 4.69) is 22.2 Å². The quantitative estimate of drug-likeness (QED) is 0.805. The van der Waals surface area contributed by atoms with Gasteiger partial charge in [0.1, 0.15) is 5.69 Å². The van der Waals surface area contributed by atoms with Crippen molar-refractivity contribution >= 4 is 17.5 Å². The van der Waals surface area contributed by atoms with Crippen LogP contribution in [0.25, 0.3) is 0 Å². The molecular weight excluding hydrogens is 342 g/mol. The first kappa shape index (κ1) is 17.8. The first-order valence-electron chi connectivity index (χ1n) is 8.26. The van der Waals surface area contributed by atoms with E-state index in [1.807, 2.05) is 0 Å². The third-order valence-corrected chi connectivity index (χ3v) is 4.12. The molecule has 26 heavy (non-hydrogen) atoms. The topological polar surface area (TPSA) is 76.0 Å². The SMILES string of the molecule is C=CCNC(=O)c1nc(C(=O)Nc2ccc(F)c(F)c2)n2c1CCCC2. The minimum absolute atomic E-state index is 0.0770. The molecule has 8 heteroatoms. The number of rotatable bonds is 5. The molecule has 0 spiro atoms.